The number of rotatable bonds is 3. The molecular weight excluding hydrogens is 566 g/mol. The fourth-order valence-corrected chi connectivity index (χ4v) is 4.36. The summed E-state index contributed by atoms with van der Waals surface area (Å²) in [7, 11) is 4.39. The molecule has 0 radical (unpaired) electrons. The maximum Gasteiger partial charge on any atom is 0.116 e. The first-order valence-corrected chi connectivity index (χ1v) is 15.3. The smallest absolute Gasteiger partial charge is 0.116 e. The lowest BCUT2D eigenvalue weighted by molar-refractivity contribution is 0.216. The van der Waals surface area contributed by atoms with Crippen LogP contribution in [0, 0.1) is 26.7 Å². The highest BCUT2D eigenvalue weighted by Crippen LogP contribution is 2.08. The third-order valence-corrected chi connectivity index (χ3v) is 6.52. The van der Waals surface area contributed by atoms with Gasteiger partial charge in [-0.3, -0.25) is 9.88 Å². The topological polar surface area (TPSA) is 65.7 Å². The van der Waals surface area contributed by atoms with E-state index in [1.165, 1.54) is 41.2 Å². The van der Waals surface area contributed by atoms with E-state index < -0.39 is 0 Å². The van der Waals surface area contributed by atoms with Crippen molar-refractivity contribution in [3.63, 3.8) is 0 Å². The number of hydrogen-bond acceptors (Lipinski definition) is 6. The number of aryl methyl sites for hydroxylation is 2. The molecule has 6 nitrogen and oxygen atoms in total. The molecule has 6 heteroatoms. The normalized spacial score (nSPS) is 13.8. The van der Waals surface area contributed by atoms with E-state index in [0.29, 0.717) is 0 Å². The second kappa shape index (κ2) is 29.2. The molecule has 2 N–H and O–H groups in total. The van der Waals surface area contributed by atoms with Gasteiger partial charge in [0, 0.05) is 31.5 Å². The number of terminal acetylenes is 1. The Morgan fingerprint density at radius 1 is 0.848 bits per heavy atom. The van der Waals surface area contributed by atoms with E-state index in [4.69, 9.17) is 10.5 Å². The first-order chi connectivity index (χ1) is 22.2. The number of aromatic nitrogens is 1. The Bertz CT molecular complexity index is 1190. The van der Waals surface area contributed by atoms with Crippen molar-refractivity contribution in [1.29, 1.82) is 0 Å². The van der Waals surface area contributed by atoms with E-state index in [2.05, 4.69) is 130 Å². The minimum Gasteiger partial charge on any atom is -0.399 e. The largest absolute Gasteiger partial charge is 0.399 e. The first-order valence-electron chi connectivity index (χ1n) is 15.3. The maximum absolute atomic E-state index is 8.57. The van der Waals surface area contributed by atoms with Gasteiger partial charge in [0.05, 0.1) is 5.69 Å². The van der Waals surface area contributed by atoms with Crippen LogP contribution in [0.5, 0.6) is 0 Å². The number of likely N-dealkylation sites (N-methyl/N-ethyl adjacent to an activating group) is 2. The van der Waals surface area contributed by atoms with E-state index in [-0.39, 0.29) is 0 Å². The van der Waals surface area contributed by atoms with Gasteiger partial charge in [0.25, 0.3) is 0 Å². The zero-order valence-corrected chi connectivity index (χ0v) is 28.8. The molecular formula is C40H57N5O. The summed E-state index contributed by atoms with van der Waals surface area (Å²) < 4.78 is 0. The number of benzene rings is 2. The summed E-state index contributed by atoms with van der Waals surface area (Å²) in [4.78, 5) is 20.4. The second-order valence-electron chi connectivity index (χ2n) is 10.7. The van der Waals surface area contributed by atoms with Crippen molar-refractivity contribution in [2.45, 2.75) is 33.2 Å². The van der Waals surface area contributed by atoms with Crippen molar-refractivity contribution in [3.05, 3.63) is 134 Å². The van der Waals surface area contributed by atoms with Crippen LogP contribution in [0.15, 0.2) is 111 Å². The van der Waals surface area contributed by atoms with Crippen LogP contribution in [0.3, 0.4) is 0 Å². The minimum atomic E-state index is 0.792. The predicted octanol–water partition coefficient (Wildman–Crippen LogP) is 7.37. The molecule has 1 fully saturated rings. The summed E-state index contributed by atoms with van der Waals surface area (Å²) in [6.07, 6.45) is 14.1. The highest BCUT2D eigenvalue weighted by Gasteiger charge is 2.11. The summed E-state index contributed by atoms with van der Waals surface area (Å²) >= 11 is 0. The lowest BCUT2D eigenvalue weighted by atomic mass is 10.2. The third kappa shape index (κ3) is 23.9. The van der Waals surface area contributed by atoms with Gasteiger partial charge in [-0.05, 0) is 109 Å². The minimum absolute atomic E-state index is 0.792. The Morgan fingerprint density at radius 2 is 1.30 bits per heavy atom. The number of nitrogen functional groups attached to an aromatic ring is 1. The maximum atomic E-state index is 8.57. The van der Waals surface area contributed by atoms with Crippen LogP contribution in [-0.4, -0.2) is 79.0 Å². The lowest BCUT2D eigenvalue weighted by Crippen LogP contribution is -2.34. The average Bonchev–Trinajstić information content (AvgIpc) is 3.05. The molecule has 248 valence electrons. The molecule has 0 saturated carbocycles. The third-order valence-electron chi connectivity index (χ3n) is 6.52. The number of anilines is 1. The second-order valence-corrected chi connectivity index (χ2v) is 10.7. The Balaban J connectivity index is 0. The molecule has 1 aliphatic heterocycles. The number of carbonyl (C=O) groups excluding carboxylic acids is 1. The summed E-state index contributed by atoms with van der Waals surface area (Å²) in [5.74, 6) is 1.25. The average molecular weight is 624 g/mol. The van der Waals surface area contributed by atoms with E-state index in [1.54, 1.807) is 6.08 Å². The van der Waals surface area contributed by atoms with Crippen molar-refractivity contribution in [1.82, 2.24) is 19.7 Å². The van der Waals surface area contributed by atoms with Gasteiger partial charge in [0.2, 0.25) is 0 Å². The van der Waals surface area contributed by atoms with Crippen LogP contribution in [-0.2, 0) is 11.3 Å². The highest BCUT2D eigenvalue weighted by atomic mass is 16.1. The van der Waals surface area contributed by atoms with Crippen molar-refractivity contribution in [3.8, 4) is 12.8 Å². The SMILES string of the molecule is C#C.C=C.C=C1CN(C)CCCN(Cc2ccccn2)CCCN(C)C1.C=C=O.C=Cc1ccc(N)cc1.Cc1ccc(C)cc1. The molecule has 46 heavy (non-hydrogen) atoms. The molecule has 0 aliphatic carbocycles. The van der Waals surface area contributed by atoms with Crippen molar-refractivity contribution < 1.29 is 4.79 Å². The standard InChI is InChI=1S/C18H30N4.C8H9N.C8H10.C2H2O.C2H4.C2H2/c1-17-14-20(2)10-6-12-22(13-7-11-21(3)15-17)16-18-8-4-5-9-19-18;1-2-7-3-5-8(9)6-4-7;1-7-3-5-8(2)6-4-7;1-2-3;2*1-2/h4-5,8-9H,1,6-7,10-16H2,2-3H3;2-6H,1,9H2;3-6H,1-2H3;1H2;1-2H2;1-2H. The molecule has 0 amide bonds. The van der Waals surface area contributed by atoms with Crippen LogP contribution < -0.4 is 5.73 Å². The molecule has 0 spiro atoms. The fourth-order valence-electron chi connectivity index (χ4n) is 4.36. The van der Waals surface area contributed by atoms with Crippen LogP contribution >= 0.6 is 0 Å². The van der Waals surface area contributed by atoms with Gasteiger partial charge in [-0.1, -0.05) is 72.8 Å². The Labute approximate surface area is 280 Å². The van der Waals surface area contributed by atoms with Crippen LogP contribution in [0.4, 0.5) is 5.69 Å². The predicted molar refractivity (Wildman–Crippen MR) is 202 cm³/mol. The van der Waals surface area contributed by atoms with E-state index in [0.717, 1.165) is 57.1 Å². The Morgan fingerprint density at radius 3 is 1.70 bits per heavy atom. The number of nitrogens with zero attached hydrogens (tertiary/aromatic N) is 4. The summed E-state index contributed by atoms with van der Waals surface area (Å²) in [6.45, 7) is 28.2. The molecule has 2 heterocycles. The molecule has 0 unspecified atom stereocenters. The highest BCUT2D eigenvalue weighted by molar-refractivity contribution is 5.51. The van der Waals surface area contributed by atoms with Gasteiger partial charge >= 0.3 is 0 Å². The molecule has 0 bridgehead atoms. The first kappa shape index (κ1) is 43.6. The molecule has 1 aliphatic rings. The van der Waals surface area contributed by atoms with Crippen molar-refractivity contribution in [2.24, 2.45) is 0 Å². The van der Waals surface area contributed by atoms with Gasteiger partial charge < -0.3 is 15.5 Å². The summed E-state index contributed by atoms with van der Waals surface area (Å²) in [5, 5.41) is 0. The zero-order valence-electron chi connectivity index (χ0n) is 28.8. The van der Waals surface area contributed by atoms with E-state index in [1.807, 2.05) is 36.5 Å². The van der Waals surface area contributed by atoms with Crippen molar-refractivity contribution in [2.75, 3.05) is 59.1 Å². The quantitative estimate of drug-likeness (QED) is 0.142. The zero-order chi connectivity index (χ0) is 35.2. The van der Waals surface area contributed by atoms with Gasteiger partial charge in [-0.25, -0.2) is 4.79 Å². The number of pyridine rings is 1. The fraction of sp³-hybridized carbons (Fsp3) is 0.325. The van der Waals surface area contributed by atoms with Gasteiger partial charge in [-0.15, -0.1) is 26.0 Å². The summed E-state index contributed by atoms with van der Waals surface area (Å²) in [5.41, 5.74) is 12.5. The number of nitrogens with two attached hydrogens (primary N) is 1. The monoisotopic (exact) mass is 623 g/mol. The molecule has 3 aromatic rings. The van der Waals surface area contributed by atoms with Crippen LogP contribution in [0.2, 0.25) is 0 Å². The molecule has 4 rings (SSSR count). The van der Waals surface area contributed by atoms with Crippen LogP contribution in [0.25, 0.3) is 6.08 Å². The van der Waals surface area contributed by atoms with Gasteiger partial charge in [0.1, 0.15) is 5.94 Å². The molecule has 1 aromatic heterocycles. The lowest BCUT2D eigenvalue weighted by Gasteiger charge is -2.28. The molecule has 2 aromatic carbocycles. The Hall–Kier alpha value is -4.50. The summed E-state index contributed by atoms with van der Waals surface area (Å²) in [6, 6.07) is 22.2. The van der Waals surface area contributed by atoms with Gasteiger partial charge in [0.15, 0.2) is 0 Å². The van der Waals surface area contributed by atoms with Crippen LogP contribution in [0.1, 0.15) is 35.2 Å². The molecule has 0 atom stereocenters. The van der Waals surface area contributed by atoms with Crippen molar-refractivity contribution >= 4 is 17.7 Å². The Kier molecular flexibility index (Phi) is 27.7. The number of hydrogen-bond donors (Lipinski definition) is 1. The van der Waals surface area contributed by atoms with E-state index >= 15 is 0 Å². The molecule has 1 saturated heterocycles. The van der Waals surface area contributed by atoms with E-state index in [9.17, 15) is 0 Å². The van der Waals surface area contributed by atoms with Gasteiger partial charge in [-0.2, -0.15) is 0 Å².